The van der Waals surface area contributed by atoms with E-state index in [-0.39, 0.29) is 0 Å². The van der Waals surface area contributed by atoms with E-state index in [0.29, 0.717) is 24.3 Å². The Kier molecular flexibility index (Phi) is 4.12. The van der Waals surface area contributed by atoms with Gasteiger partial charge in [-0.05, 0) is 56.1 Å². The van der Waals surface area contributed by atoms with Crippen molar-refractivity contribution in [2.75, 3.05) is 10.6 Å². The molecule has 28 heavy (non-hydrogen) atoms. The summed E-state index contributed by atoms with van der Waals surface area (Å²) in [6.07, 6.45) is 5.96. The number of nitriles is 1. The molecule has 3 aromatic rings. The number of pyridine rings is 2. The minimum atomic E-state index is 0.363. The lowest BCUT2D eigenvalue weighted by atomic mass is 9.57. The van der Waals surface area contributed by atoms with E-state index in [1.54, 1.807) is 6.20 Å². The van der Waals surface area contributed by atoms with E-state index < -0.39 is 0 Å². The third-order valence-electron chi connectivity index (χ3n) is 6.24. The standard InChI is InChI=1S/C21H23N7/c1-12-7-20(28-27-12)25-19-11-18-16(3-2-6-23-18)21(26-19)24-17-10-13(4-5-22)14-8-15(17)9-14/h2-3,6-7,11,13-15,17H,4,8-10H2,1H3,(H3,24,25,26,27,28)/t13-,14?,15?,17?/m0/s1. The van der Waals surface area contributed by atoms with Gasteiger partial charge in [-0.1, -0.05) is 0 Å². The van der Waals surface area contributed by atoms with Crippen LogP contribution in [0.5, 0.6) is 0 Å². The summed E-state index contributed by atoms with van der Waals surface area (Å²) in [6.45, 7) is 1.97. The number of fused-ring (bicyclic) bond motifs is 3. The SMILES string of the molecule is Cc1cc(Nc2cc3ncccc3c(NC3C[C@H](CC#N)C4CC3C4)n2)n[nH]1. The number of aromatic nitrogens is 4. The Bertz CT molecular complexity index is 1040. The van der Waals surface area contributed by atoms with Gasteiger partial charge in [0.1, 0.15) is 11.6 Å². The zero-order valence-corrected chi connectivity index (χ0v) is 15.8. The lowest BCUT2D eigenvalue weighted by molar-refractivity contribution is 0.0398. The van der Waals surface area contributed by atoms with Gasteiger partial charge in [0.25, 0.3) is 0 Å². The Morgan fingerprint density at radius 3 is 2.89 bits per heavy atom. The molecular weight excluding hydrogens is 350 g/mol. The van der Waals surface area contributed by atoms with Gasteiger partial charge in [0.15, 0.2) is 5.82 Å². The minimum Gasteiger partial charge on any atom is -0.366 e. The smallest absolute Gasteiger partial charge is 0.153 e. The second kappa shape index (κ2) is 6.79. The van der Waals surface area contributed by atoms with Crippen molar-refractivity contribution < 1.29 is 0 Å². The average Bonchev–Trinajstić information content (AvgIpc) is 3.05. The Labute approximate surface area is 163 Å². The van der Waals surface area contributed by atoms with Gasteiger partial charge in [-0.2, -0.15) is 10.4 Å². The molecule has 3 N–H and O–H groups in total. The number of nitrogens with zero attached hydrogens (tertiary/aromatic N) is 4. The molecule has 3 fully saturated rings. The summed E-state index contributed by atoms with van der Waals surface area (Å²) in [4.78, 5) is 9.37. The first kappa shape index (κ1) is 17.0. The minimum absolute atomic E-state index is 0.363. The number of hydrogen-bond acceptors (Lipinski definition) is 6. The van der Waals surface area contributed by atoms with Crippen LogP contribution in [0, 0.1) is 36.0 Å². The van der Waals surface area contributed by atoms with Gasteiger partial charge in [-0.25, -0.2) is 4.98 Å². The van der Waals surface area contributed by atoms with E-state index in [9.17, 15) is 0 Å². The summed E-state index contributed by atoms with van der Waals surface area (Å²) in [5, 5.41) is 24.3. The molecule has 3 aliphatic rings. The van der Waals surface area contributed by atoms with Crippen molar-refractivity contribution in [2.24, 2.45) is 17.8 Å². The van der Waals surface area contributed by atoms with Crippen molar-refractivity contribution in [3.63, 3.8) is 0 Å². The number of aromatic amines is 1. The molecule has 7 nitrogen and oxygen atoms in total. The molecule has 0 saturated heterocycles. The maximum Gasteiger partial charge on any atom is 0.153 e. The molecule has 1 unspecified atom stereocenters. The molecule has 0 spiro atoms. The first-order valence-electron chi connectivity index (χ1n) is 9.88. The highest BCUT2D eigenvalue weighted by Gasteiger charge is 2.45. The van der Waals surface area contributed by atoms with Crippen LogP contribution in [0.15, 0.2) is 30.5 Å². The summed E-state index contributed by atoms with van der Waals surface area (Å²) in [5.74, 6) is 4.23. The van der Waals surface area contributed by atoms with Crippen LogP contribution in [-0.2, 0) is 0 Å². The molecule has 3 heterocycles. The molecule has 0 aliphatic heterocycles. The van der Waals surface area contributed by atoms with E-state index in [0.717, 1.165) is 46.4 Å². The van der Waals surface area contributed by atoms with Crippen LogP contribution >= 0.6 is 0 Å². The molecule has 6 rings (SSSR count). The summed E-state index contributed by atoms with van der Waals surface area (Å²) >= 11 is 0. The third kappa shape index (κ3) is 3.05. The zero-order valence-electron chi connectivity index (χ0n) is 15.8. The van der Waals surface area contributed by atoms with E-state index in [4.69, 9.17) is 10.2 Å². The maximum absolute atomic E-state index is 9.14. The fraction of sp³-hybridized carbons (Fsp3) is 0.429. The molecule has 2 atom stereocenters. The highest BCUT2D eigenvalue weighted by molar-refractivity contribution is 5.91. The summed E-state index contributed by atoms with van der Waals surface area (Å²) in [7, 11) is 0. The van der Waals surface area contributed by atoms with Crippen LogP contribution in [-0.4, -0.2) is 26.2 Å². The lowest BCUT2D eigenvalue weighted by Crippen LogP contribution is -2.48. The quantitative estimate of drug-likeness (QED) is 0.621. The lowest BCUT2D eigenvalue weighted by Gasteiger charge is -2.51. The summed E-state index contributed by atoms with van der Waals surface area (Å²) in [5.41, 5.74) is 1.88. The van der Waals surface area contributed by atoms with Crippen LogP contribution in [0.3, 0.4) is 0 Å². The van der Waals surface area contributed by atoms with Gasteiger partial charge < -0.3 is 10.6 Å². The van der Waals surface area contributed by atoms with Crippen molar-refractivity contribution in [1.29, 1.82) is 5.26 Å². The Balaban J connectivity index is 1.45. The molecular formula is C21H23N7. The third-order valence-corrected chi connectivity index (χ3v) is 6.24. The number of H-pyrrole nitrogens is 1. The van der Waals surface area contributed by atoms with Crippen LogP contribution in [0.4, 0.5) is 17.5 Å². The maximum atomic E-state index is 9.14. The molecule has 0 aromatic carbocycles. The van der Waals surface area contributed by atoms with Crippen molar-refractivity contribution in [1.82, 2.24) is 20.2 Å². The van der Waals surface area contributed by atoms with E-state index >= 15 is 0 Å². The molecule has 0 amide bonds. The number of nitrogens with one attached hydrogen (secondary N) is 3. The van der Waals surface area contributed by atoms with Crippen molar-refractivity contribution in [3.05, 3.63) is 36.2 Å². The second-order valence-corrected chi connectivity index (χ2v) is 8.09. The van der Waals surface area contributed by atoms with Gasteiger partial charge in [0.05, 0.1) is 11.6 Å². The number of aryl methyl sites for hydroxylation is 1. The van der Waals surface area contributed by atoms with Crippen molar-refractivity contribution >= 4 is 28.4 Å². The highest BCUT2D eigenvalue weighted by atomic mass is 15.2. The van der Waals surface area contributed by atoms with Crippen LogP contribution in [0.1, 0.15) is 31.4 Å². The highest BCUT2D eigenvalue weighted by Crippen LogP contribution is 2.51. The van der Waals surface area contributed by atoms with Gasteiger partial charge in [-0.3, -0.25) is 10.1 Å². The van der Waals surface area contributed by atoms with Gasteiger partial charge in [0.2, 0.25) is 0 Å². The fourth-order valence-corrected chi connectivity index (χ4v) is 4.72. The van der Waals surface area contributed by atoms with E-state index in [1.165, 1.54) is 12.8 Å². The Morgan fingerprint density at radius 2 is 2.11 bits per heavy atom. The molecule has 3 aromatic heterocycles. The number of anilines is 3. The predicted octanol–water partition coefficient (Wildman–Crippen LogP) is 4.15. The monoisotopic (exact) mass is 373 g/mol. The van der Waals surface area contributed by atoms with Crippen molar-refractivity contribution in [3.8, 4) is 6.07 Å². The topological polar surface area (TPSA) is 102 Å². The predicted molar refractivity (Wildman–Crippen MR) is 108 cm³/mol. The molecule has 3 saturated carbocycles. The number of rotatable bonds is 5. The Hall–Kier alpha value is -3.14. The largest absolute Gasteiger partial charge is 0.366 e. The van der Waals surface area contributed by atoms with Crippen molar-refractivity contribution in [2.45, 2.75) is 38.6 Å². The normalized spacial score (nSPS) is 25.7. The molecule has 0 radical (unpaired) electrons. The Morgan fingerprint density at radius 1 is 1.21 bits per heavy atom. The molecule has 3 aliphatic carbocycles. The van der Waals surface area contributed by atoms with Gasteiger partial charge in [0, 0.05) is 41.9 Å². The van der Waals surface area contributed by atoms with Crippen LogP contribution in [0.2, 0.25) is 0 Å². The first-order chi connectivity index (χ1) is 13.7. The average molecular weight is 373 g/mol. The van der Waals surface area contributed by atoms with E-state index in [1.807, 2.05) is 25.1 Å². The number of hydrogen-bond donors (Lipinski definition) is 3. The van der Waals surface area contributed by atoms with Crippen LogP contribution in [0.25, 0.3) is 10.9 Å². The zero-order chi connectivity index (χ0) is 19.1. The van der Waals surface area contributed by atoms with Crippen LogP contribution < -0.4 is 10.6 Å². The second-order valence-electron chi connectivity index (χ2n) is 8.09. The van der Waals surface area contributed by atoms with E-state index in [2.05, 4.69) is 38.0 Å². The molecule has 2 bridgehead atoms. The fourth-order valence-electron chi connectivity index (χ4n) is 4.72. The van der Waals surface area contributed by atoms with Gasteiger partial charge >= 0.3 is 0 Å². The van der Waals surface area contributed by atoms with Gasteiger partial charge in [-0.15, -0.1) is 0 Å². The molecule has 142 valence electrons. The summed E-state index contributed by atoms with van der Waals surface area (Å²) < 4.78 is 0. The first-order valence-corrected chi connectivity index (χ1v) is 9.88. The summed E-state index contributed by atoms with van der Waals surface area (Å²) in [6, 6.07) is 10.6. The molecule has 7 heteroatoms.